The van der Waals surface area contributed by atoms with E-state index in [0.29, 0.717) is 16.7 Å². The topological polar surface area (TPSA) is 82.8 Å². The van der Waals surface area contributed by atoms with E-state index in [1.165, 1.54) is 6.07 Å². The van der Waals surface area contributed by atoms with Gasteiger partial charge in [-0.2, -0.15) is 0 Å². The zero-order valence-corrected chi connectivity index (χ0v) is 14.4. The predicted molar refractivity (Wildman–Crippen MR) is 90.8 cm³/mol. The third kappa shape index (κ3) is 2.84. The quantitative estimate of drug-likeness (QED) is 0.474. The first-order chi connectivity index (χ1) is 11.7. The minimum Gasteiger partial charge on any atom is -0.483 e. The molecule has 2 heterocycles. The number of esters is 1. The lowest BCUT2D eigenvalue weighted by Crippen LogP contribution is -2.52. The van der Waals surface area contributed by atoms with Crippen LogP contribution in [-0.2, 0) is 9.53 Å². The van der Waals surface area contributed by atoms with Gasteiger partial charge in [-0.3, -0.25) is 4.79 Å². The molecule has 6 heteroatoms. The molecule has 130 valence electrons. The van der Waals surface area contributed by atoms with Gasteiger partial charge in [-0.15, -0.1) is 0 Å². The van der Waals surface area contributed by atoms with Gasteiger partial charge in [0.25, 0.3) is 0 Å². The Hall–Kier alpha value is -2.89. The number of rotatable bonds is 2. The summed E-state index contributed by atoms with van der Waals surface area (Å²) in [5.74, 6) is -0.752. The van der Waals surface area contributed by atoms with Crippen LogP contribution in [0, 0.1) is 0 Å². The molecule has 6 nitrogen and oxygen atoms in total. The number of hydrogen-bond donors (Lipinski definition) is 0. The summed E-state index contributed by atoms with van der Waals surface area (Å²) in [6.45, 7) is 6.65. The second kappa shape index (κ2) is 5.88. The first kappa shape index (κ1) is 17.0. The number of ketones is 1. The average molecular weight is 342 g/mol. The highest BCUT2D eigenvalue weighted by Crippen LogP contribution is 2.38. The number of carbonyl (C=O) groups excluding carboxylic acids is 2. The van der Waals surface area contributed by atoms with Gasteiger partial charge in [0.1, 0.15) is 16.9 Å². The second-order valence-electron chi connectivity index (χ2n) is 6.44. The van der Waals surface area contributed by atoms with Crippen LogP contribution < -0.4 is 10.4 Å². The summed E-state index contributed by atoms with van der Waals surface area (Å²) < 4.78 is 16.5. The van der Waals surface area contributed by atoms with Crippen molar-refractivity contribution in [2.24, 2.45) is 0 Å². The molecule has 25 heavy (non-hydrogen) atoms. The molecule has 1 aliphatic heterocycles. The molecule has 0 fully saturated rings. The third-order valence-electron chi connectivity index (χ3n) is 4.22. The SMILES string of the molecule is C/C=C(\C)C(=O)O[C@@H]1C(=O)c2c(ccc3ccc(=O)oc23)OC1(C)C. The van der Waals surface area contributed by atoms with Crippen LogP contribution in [0.25, 0.3) is 11.0 Å². The highest BCUT2D eigenvalue weighted by Gasteiger charge is 2.47. The van der Waals surface area contributed by atoms with Crippen LogP contribution in [0.1, 0.15) is 38.1 Å². The van der Waals surface area contributed by atoms with Crippen molar-refractivity contribution in [2.75, 3.05) is 0 Å². The van der Waals surface area contributed by atoms with E-state index in [9.17, 15) is 14.4 Å². The van der Waals surface area contributed by atoms with Crippen LogP contribution in [0.2, 0.25) is 0 Å². The Morgan fingerprint density at radius 2 is 1.88 bits per heavy atom. The van der Waals surface area contributed by atoms with Gasteiger partial charge < -0.3 is 13.9 Å². The van der Waals surface area contributed by atoms with E-state index in [1.54, 1.807) is 52.0 Å². The Balaban J connectivity index is 2.14. The molecule has 1 aromatic carbocycles. The highest BCUT2D eigenvalue weighted by molar-refractivity contribution is 6.12. The van der Waals surface area contributed by atoms with Crippen molar-refractivity contribution in [1.82, 2.24) is 0 Å². The van der Waals surface area contributed by atoms with Crippen molar-refractivity contribution in [1.29, 1.82) is 0 Å². The summed E-state index contributed by atoms with van der Waals surface area (Å²) in [6.07, 6.45) is 0.449. The first-order valence-electron chi connectivity index (χ1n) is 7.88. The molecule has 1 aliphatic rings. The lowest BCUT2D eigenvalue weighted by Gasteiger charge is -2.38. The summed E-state index contributed by atoms with van der Waals surface area (Å²) in [6, 6.07) is 6.20. The van der Waals surface area contributed by atoms with Crippen molar-refractivity contribution in [3.8, 4) is 5.75 Å². The summed E-state index contributed by atoms with van der Waals surface area (Å²) in [5.41, 5.74) is -0.994. The number of allylic oxidation sites excluding steroid dienone is 1. The Labute approximate surface area is 144 Å². The van der Waals surface area contributed by atoms with Crippen molar-refractivity contribution >= 4 is 22.7 Å². The molecule has 0 N–H and O–H groups in total. The average Bonchev–Trinajstić information content (AvgIpc) is 2.56. The zero-order chi connectivity index (χ0) is 18.4. The van der Waals surface area contributed by atoms with Gasteiger partial charge in [0.15, 0.2) is 5.58 Å². The van der Waals surface area contributed by atoms with Crippen LogP contribution in [0.5, 0.6) is 5.75 Å². The van der Waals surface area contributed by atoms with Gasteiger partial charge in [0.05, 0.1) is 0 Å². The summed E-state index contributed by atoms with van der Waals surface area (Å²) in [5, 5.41) is 0.588. The van der Waals surface area contributed by atoms with E-state index in [-0.39, 0.29) is 11.1 Å². The lowest BCUT2D eigenvalue weighted by atomic mass is 9.88. The van der Waals surface area contributed by atoms with E-state index < -0.39 is 29.1 Å². The standard InChI is InChI=1S/C19H18O6/c1-5-10(2)18(22)24-17-15(21)14-12(25-19(17,3)4)8-6-11-7-9-13(20)23-16(11)14/h5-9,17H,1-4H3/b10-5+/t17-/m1/s1. The zero-order valence-electron chi connectivity index (χ0n) is 14.4. The monoisotopic (exact) mass is 342 g/mol. The van der Waals surface area contributed by atoms with Crippen molar-refractivity contribution in [3.05, 3.63) is 51.9 Å². The van der Waals surface area contributed by atoms with Crippen molar-refractivity contribution < 1.29 is 23.5 Å². The number of carbonyl (C=O) groups is 2. The molecule has 0 unspecified atom stereocenters. The van der Waals surface area contributed by atoms with Crippen LogP contribution in [-0.4, -0.2) is 23.5 Å². The highest BCUT2D eigenvalue weighted by atomic mass is 16.6. The van der Waals surface area contributed by atoms with Gasteiger partial charge in [-0.1, -0.05) is 6.08 Å². The number of Topliss-reactive ketones (excluding diaryl/α,β-unsaturated/α-hetero) is 1. The fraction of sp³-hybridized carbons (Fsp3) is 0.316. The molecule has 0 saturated heterocycles. The van der Waals surface area contributed by atoms with Crippen LogP contribution in [0.3, 0.4) is 0 Å². The van der Waals surface area contributed by atoms with E-state index in [0.717, 1.165) is 0 Å². The molecular weight excluding hydrogens is 324 g/mol. The Kier molecular flexibility index (Phi) is 3.99. The number of fused-ring (bicyclic) bond motifs is 3. The Morgan fingerprint density at radius 3 is 2.56 bits per heavy atom. The second-order valence-corrected chi connectivity index (χ2v) is 6.44. The molecule has 3 rings (SSSR count). The van der Waals surface area contributed by atoms with Gasteiger partial charge >= 0.3 is 11.6 Å². The predicted octanol–water partition coefficient (Wildman–Crippen LogP) is 3.02. The Bertz CT molecular complexity index is 964. The first-order valence-corrected chi connectivity index (χ1v) is 7.88. The number of hydrogen-bond acceptors (Lipinski definition) is 6. The van der Waals surface area contributed by atoms with Crippen molar-refractivity contribution in [2.45, 2.75) is 39.4 Å². The summed E-state index contributed by atoms with van der Waals surface area (Å²) >= 11 is 0. The molecular formula is C19H18O6. The lowest BCUT2D eigenvalue weighted by molar-refractivity contribution is -0.151. The van der Waals surface area contributed by atoms with Crippen LogP contribution in [0.15, 0.2) is 45.1 Å². The largest absolute Gasteiger partial charge is 0.483 e. The maximum Gasteiger partial charge on any atom is 0.336 e. The fourth-order valence-corrected chi connectivity index (χ4v) is 2.73. The maximum atomic E-state index is 13.1. The molecule has 0 aliphatic carbocycles. The molecule has 0 amide bonds. The normalized spacial score (nSPS) is 19.3. The molecule has 0 saturated carbocycles. The van der Waals surface area contributed by atoms with Crippen LogP contribution in [0.4, 0.5) is 0 Å². The maximum absolute atomic E-state index is 13.1. The van der Waals surface area contributed by atoms with E-state index in [2.05, 4.69) is 0 Å². The third-order valence-corrected chi connectivity index (χ3v) is 4.22. The molecule has 2 aromatic rings. The molecule has 0 bridgehead atoms. The molecule has 1 aromatic heterocycles. The summed E-state index contributed by atoms with van der Waals surface area (Å²) in [7, 11) is 0. The van der Waals surface area contributed by atoms with Crippen LogP contribution >= 0.6 is 0 Å². The number of benzene rings is 1. The van der Waals surface area contributed by atoms with Gasteiger partial charge in [-0.25, -0.2) is 9.59 Å². The Morgan fingerprint density at radius 1 is 1.20 bits per heavy atom. The molecule has 0 radical (unpaired) electrons. The minimum absolute atomic E-state index is 0.116. The van der Waals surface area contributed by atoms with Gasteiger partial charge in [0.2, 0.25) is 11.9 Å². The number of ether oxygens (including phenoxy) is 2. The molecule has 0 spiro atoms. The smallest absolute Gasteiger partial charge is 0.336 e. The minimum atomic E-state index is -1.15. The van der Waals surface area contributed by atoms with Gasteiger partial charge in [-0.05, 0) is 45.9 Å². The summed E-state index contributed by atoms with van der Waals surface area (Å²) in [4.78, 5) is 36.8. The fourth-order valence-electron chi connectivity index (χ4n) is 2.73. The molecule has 1 atom stereocenters. The van der Waals surface area contributed by atoms with E-state index in [4.69, 9.17) is 13.9 Å². The van der Waals surface area contributed by atoms with Gasteiger partial charge in [0, 0.05) is 17.0 Å². The van der Waals surface area contributed by atoms with E-state index >= 15 is 0 Å². The van der Waals surface area contributed by atoms with Crippen molar-refractivity contribution in [3.63, 3.8) is 0 Å². The van der Waals surface area contributed by atoms with E-state index in [1.807, 2.05) is 0 Å².